The lowest BCUT2D eigenvalue weighted by Crippen LogP contribution is -2.30. The first-order valence-corrected chi connectivity index (χ1v) is 26.5. The van der Waals surface area contributed by atoms with Gasteiger partial charge in [0.2, 0.25) is 0 Å². The Morgan fingerprint density at radius 1 is 0.412 bits per heavy atom. The van der Waals surface area contributed by atoms with Crippen molar-refractivity contribution in [2.24, 2.45) is 47.3 Å². The molecule has 0 spiro atoms. The Balaban J connectivity index is 0.000000169. The lowest BCUT2D eigenvalue weighted by molar-refractivity contribution is -0.146. The van der Waals surface area contributed by atoms with E-state index in [2.05, 4.69) is 19.9 Å². The maximum atomic E-state index is 11.5. The fourth-order valence-corrected chi connectivity index (χ4v) is 13.2. The average Bonchev–Trinajstić information content (AvgIpc) is 4.18. The van der Waals surface area contributed by atoms with E-state index < -0.39 is 22.4 Å². The summed E-state index contributed by atoms with van der Waals surface area (Å²) in [6, 6.07) is 0. The van der Waals surface area contributed by atoms with Crippen molar-refractivity contribution in [2.45, 2.75) is 127 Å². The predicted molar refractivity (Wildman–Crippen MR) is 258 cm³/mol. The van der Waals surface area contributed by atoms with Crippen molar-refractivity contribution in [3.63, 3.8) is 0 Å². The third kappa shape index (κ3) is 13.3. The minimum atomic E-state index is -0.934. The minimum Gasteiger partial charge on any atom is -0.469 e. The Hall–Kier alpha value is -3.76. The molecule has 12 atom stereocenters. The summed E-state index contributed by atoms with van der Waals surface area (Å²) in [5, 5.41) is 52.5. The van der Waals surface area contributed by atoms with Crippen LogP contribution in [0.15, 0.2) is 46.3 Å². The number of aromatic nitrogens is 4. The van der Waals surface area contributed by atoms with Gasteiger partial charge in [-0.3, -0.25) is 19.2 Å². The Bertz CT molecular complexity index is 1860. The van der Waals surface area contributed by atoms with Crippen molar-refractivity contribution in [1.29, 1.82) is 0 Å². The van der Waals surface area contributed by atoms with Crippen molar-refractivity contribution in [3.8, 4) is 0 Å². The van der Waals surface area contributed by atoms with Crippen LogP contribution in [0.25, 0.3) is 0 Å². The molecule has 4 aromatic heterocycles. The summed E-state index contributed by atoms with van der Waals surface area (Å²) in [5.74, 6) is -0.624. The average molecular weight is 1020 g/mol. The van der Waals surface area contributed by atoms with Crippen LogP contribution in [0.1, 0.15) is 125 Å². The molecule has 4 aromatic rings. The van der Waals surface area contributed by atoms with Crippen molar-refractivity contribution in [3.05, 3.63) is 66.3 Å². The first kappa shape index (κ1) is 55.2. The van der Waals surface area contributed by atoms with Gasteiger partial charge in [0.1, 0.15) is 42.4 Å². The first-order chi connectivity index (χ1) is 32.2. The molecule has 8 rings (SSSR count). The lowest BCUT2D eigenvalue weighted by atomic mass is 9.87. The molecule has 4 N–H and O–H groups in total. The zero-order valence-electron chi connectivity index (χ0n) is 40.2. The summed E-state index contributed by atoms with van der Waals surface area (Å²) in [6.07, 6.45) is 16.0. The zero-order chi connectivity index (χ0) is 49.9. The molecule has 4 aliphatic carbocycles. The summed E-state index contributed by atoms with van der Waals surface area (Å²) >= 11 is 5.82. The maximum Gasteiger partial charge on any atom is 0.308 e. The fourth-order valence-electron chi connectivity index (χ4n) is 10.1. The standard InChI is InChI=1S/4C12H17NO3S/c4*1-12(15,11-13-5-6-17-11)9-4-3-8(7-9)10(14)16-2/h4*5-6,8-9,15H,3-4,7H2,1-2H3/t2*8-,9+,12+;2*8-,9+,12-/m1010/s1. The molecule has 0 aliphatic heterocycles. The van der Waals surface area contributed by atoms with Crippen LogP contribution in [0.5, 0.6) is 0 Å². The molecular formula is C48H68N4O12S4. The van der Waals surface area contributed by atoms with Crippen LogP contribution < -0.4 is 0 Å². The van der Waals surface area contributed by atoms with Gasteiger partial charge in [-0.15, -0.1) is 45.3 Å². The summed E-state index contributed by atoms with van der Waals surface area (Å²) < 4.78 is 19.0. The number of ether oxygens (including phenoxy) is 4. The van der Waals surface area contributed by atoms with Crippen molar-refractivity contribution in [2.75, 3.05) is 28.4 Å². The molecular weight excluding hydrogens is 953 g/mol. The van der Waals surface area contributed by atoms with E-state index in [-0.39, 0.29) is 71.2 Å². The van der Waals surface area contributed by atoms with Gasteiger partial charge in [0.05, 0.1) is 52.1 Å². The van der Waals surface area contributed by atoms with E-state index in [4.69, 9.17) is 18.9 Å². The highest BCUT2D eigenvalue weighted by atomic mass is 32.1. The molecule has 4 heterocycles. The molecule has 0 radical (unpaired) electrons. The van der Waals surface area contributed by atoms with Gasteiger partial charge in [0.25, 0.3) is 0 Å². The first-order valence-electron chi connectivity index (χ1n) is 23.0. The molecule has 68 heavy (non-hydrogen) atoms. The van der Waals surface area contributed by atoms with Crippen LogP contribution >= 0.6 is 45.3 Å². The molecule has 0 aromatic carbocycles. The highest BCUT2D eigenvalue weighted by molar-refractivity contribution is 7.10. The summed E-state index contributed by atoms with van der Waals surface area (Å²) in [6.45, 7) is 7.15. The molecule has 0 amide bonds. The smallest absolute Gasteiger partial charge is 0.308 e. The number of thiazole rings is 4. The normalized spacial score (nSPS) is 27.7. The maximum absolute atomic E-state index is 11.5. The molecule has 4 aliphatic rings. The number of hydrogen-bond acceptors (Lipinski definition) is 20. The number of carbonyl (C=O) groups excluding carboxylic acids is 4. The van der Waals surface area contributed by atoms with Crippen LogP contribution in [-0.2, 0) is 60.5 Å². The summed E-state index contributed by atoms with van der Waals surface area (Å²) in [7, 11) is 5.65. The number of methoxy groups -OCH3 is 4. The van der Waals surface area contributed by atoms with Crippen molar-refractivity contribution in [1.82, 2.24) is 19.9 Å². The Morgan fingerprint density at radius 2 is 0.603 bits per heavy atom. The molecule has 4 fully saturated rings. The Kier molecular flexibility index (Phi) is 19.8. The van der Waals surface area contributed by atoms with Crippen LogP contribution in [0, 0.1) is 47.3 Å². The van der Waals surface area contributed by atoms with E-state index >= 15 is 0 Å². The van der Waals surface area contributed by atoms with E-state index in [1.165, 1.54) is 73.8 Å². The van der Waals surface area contributed by atoms with Gasteiger partial charge in [-0.1, -0.05) is 0 Å². The largest absolute Gasteiger partial charge is 0.469 e. The Labute approximate surface area is 414 Å². The van der Waals surface area contributed by atoms with Gasteiger partial charge in [0.15, 0.2) is 0 Å². The second kappa shape index (κ2) is 24.4. The third-order valence-electron chi connectivity index (χ3n) is 14.5. The molecule has 0 saturated heterocycles. The number of rotatable bonds is 12. The van der Waals surface area contributed by atoms with Gasteiger partial charge < -0.3 is 39.4 Å². The molecule has 4 saturated carbocycles. The fraction of sp³-hybridized carbons (Fsp3) is 0.667. The van der Waals surface area contributed by atoms with E-state index in [9.17, 15) is 39.6 Å². The van der Waals surface area contributed by atoms with Crippen molar-refractivity contribution < 1.29 is 58.6 Å². The van der Waals surface area contributed by atoms with E-state index in [1.807, 2.05) is 21.5 Å². The minimum absolute atomic E-state index is 0.0727. The Morgan fingerprint density at radius 3 is 0.750 bits per heavy atom. The van der Waals surface area contributed by atoms with Gasteiger partial charge in [0, 0.05) is 46.3 Å². The highest BCUT2D eigenvalue weighted by Gasteiger charge is 2.46. The zero-order valence-corrected chi connectivity index (χ0v) is 43.5. The molecule has 0 bridgehead atoms. The van der Waals surface area contributed by atoms with E-state index in [0.717, 1.165) is 71.4 Å². The highest BCUT2D eigenvalue weighted by Crippen LogP contribution is 2.47. The number of carbonyl (C=O) groups is 4. The topological polar surface area (TPSA) is 238 Å². The van der Waals surface area contributed by atoms with Crippen LogP contribution in [0.3, 0.4) is 0 Å². The lowest BCUT2D eigenvalue weighted by Gasteiger charge is -2.27. The van der Waals surface area contributed by atoms with Gasteiger partial charge in [-0.2, -0.15) is 0 Å². The van der Waals surface area contributed by atoms with E-state index in [1.54, 1.807) is 52.5 Å². The van der Waals surface area contributed by atoms with E-state index in [0.29, 0.717) is 25.7 Å². The van der Waals surface area contributed by atoms with Crippen LogP contribution in [-0.4, -0.2) is 92.7 Å². The van der Waals surface area contributed by atoms with Crippen molar-refractivity contribution >= 4 is 69.2 Å². The number of esters is 4. The predicted octanol–water partition coefficient (Wildman–Crippen LogP) is 7.76. The number of nitrogens with zero attached hydrogens (tertiary/aromatic N) is 4. The number of aliphatic hydroxyl groups is 4. The SMILES string of the molecule is COC(=O)[C@@H]1CC[C@H]([C@@](C)(O)c2nccs2)C1.COC(=O)[C@@H]1CC[C@H]([C@](C)(O)c2nccs2)C1.COC(=O)[C@H]1CC[C@@H]([C@@](C)(O)c2nccs2)C1.COC(=O)[C@H]1CC[C@@H]([C@](C)(O)c2nccs2)C1. The summed E-state index contributed by atoms with van der Waals surface area (Å²) in [4.78, 5) is 62.5. The molecule has 376 valence electrons. The number of hydrogen-bond donors (Lipinski definition) is 4. The quantitative estimate of drug-likeness (QED) is 0.0783. The molecule has 0 unspecified atom stereocenters. The monoisotopic (exact) mass is 1020 g/mol. The van der Waals surface area contributed by atoms with Gasteiger partial charge in [-0.05, 0) is 128 Å². The second-order valence-corrected chi connectivity index (χ2v) is 22.4. The van der Waals surface area contributed by atoms with Gasteiger partial charge in [-0.25, -0.2) is 19.9 Å². The summed E-state index contributed by atoms with van der Waals surface area (Å²) in [5.41, 5.74) is -3.73. The van der Waals surface area contributed by atoms with Crippen LogP contribution in [0.2, 0.25) is 0 Å². The second-order valence-electron chi connectivity index (χ2n) is 18.9. The third-order valence-corrected chi connectivity index (χ3v) is 18.5. The van der Waals surface area contributed by atoms with Crippen LogP contribution in [0.4, 0.5) is 0 Å². The molecule has 20 heteroatoms. The molecule has 16 nitrogen and oxygen atoms in total. The van der Waals surface area contributed by atoms with Gasteiger partial charge >= 0.3 is 23.9 Å².